The third kappa shape index (κ3) is 5.19. The molecule has 0 spiro atoms. The summed E-state index contributed by atoms with van der Waals surface area (Å²) in [7, 11) is 1.63. The van der Waals surface area contributed by atoms with E-state index < -0.39 is 0 Å². The lowest BCUT2D eigenvalue weighted by atomic mass is 9.95. The molecule has 1 aliphatic heterocycles. The van der Waals surface area contributed by atoms with Gasteiger partial charge in [0.25, 0.3) is 0 Å². The van der Waals surface area contributed by atoms with Crippen molar-refractivity contribution in [3.8, 4) is 0 Å². The highest BCUT2D eigenvalue weighted by Gasteiger charge is 2.27. The summed E-state index contributed by atoms with van der Waals surface area (Å²) in [5.41, 5.74) is 4.80. The number of hydrogen-bond donors (Lipinski definition) is 1. The van der Waals surface area contributed by atoms with Crippen LogP contribution in [0.1, 0.15) is 52.7 Å². The molecule has 1 aliphatic rings. The second-order valence-electron chi connectivity index (χ2n) is 7.93. The van der Waals surface area contributed by atoms with Crippen molar-refractivity contribution < 1.29 is 9.59 Å². The summed E-state index contributed by atoms with van der Waals surface area (Å²) in [5, 5.41) is 2.65. The first kappa shape index (κ1) is 21.0. The maximum atomic E-state index is 12.8. The van der Waals surface area contributed by atoms with Gasteiger partial charge in [0, 0.05) is 43.0 Å². The second kappa shape index (κ2) is 9.16. The third-order valence-corrected chi connectivity index (χ3v) is 5.63. The second-order valence-corrected chi connectivity index (χ2v) is 7.93. The van der Waals surface area contributed by atoms with E-state index in [2.05, 4.69) is 11.4 Å². The molecule has 2 heterocycles. The number of nitrogens with one attached hydrogen (secondary N) is 1. The molecule has 1 N–H and O–H groups in total. The highest BCUT2D eigenvalue weighted by atomic mass is 16.2. The van der Waals surface area contributed by atoms with Gasteiger partial charge in [-0.15, -0.1) is 0 Å². The normalized spacial score (nSPS) is 16.6. The van der Waals surface area contributed by atoms with Gasteiger partial charge in [-0.1, -0.05) is 29.8 Å². The molecule has 1 aromatic carbocycles. The average molecular weight is 395 g/mol. The molecule has 154 valence electrons. The highest BCUT2D eigenvalue weighted by molar-refractivity contribution is 5.79. The van der Waals surface area contributed by atoms with Gasteiger partial charge in [0.05, 0.1) is 12.8 Å². The lowest BCUT2D eigenvalue weighted by Gasteiger charge is -2.32. The summed E-state index contributed by atoms with van der Waals surface area (Å²) in [6, 6.07) is 8.12. The molecule has 1 unspecified atom stereocenters. The van der Waals surface area contributed by atoms with Gasteiger partial charge in [0.2, 0.25) is 11.8 Å². The summed E-state index contributed by atoms with van der Waals surface area (Å²) in [6.45, 7) is 7.34. The van der Waals surface area contributed by atoms with Crippen LogP contribution in [0.5, 0.6) is 0 Å². The van der Waals surface area contributed by atoms with E-state index in [1.54, 1.807) is 7.05 Å². The van der Waals surface area contributed by atoms with Crippen LogP contribution in [0.2, 0.25) is 0 Å². The average Bonchev–Trinajstić information content (AvgIpc) is 2.70. The fourth-order valence-electron chi connectivity index (χ4n) is 3.98. The Balaban J connectivity index is 1.71. The van der Waals surface area contributed by atoms with Crippen LogP contribution in [0.4, 0.5) is 0 Å². The van der Waals surface area contributed by atoms with Crippen molar-refractivity contribution in [1.29, 1.82) is 0 Å². The van der Waals surface area contributed by atoms with Crippen LogP contribution in [0.25, 0.3) is 0 Å². The number of aryl methyl sites for hydroxylation is 3. The number of piperidine rings is 1. The number of likely N-dealkylation sites (N-methyl/N-ethyl adjacent to an activating group) is 1. The minimum absolute atomic E-state index is 0.0434. The van der Waals surface area contributed by atoms with Gasteiger partial charge in [-0.2, -0.15) is 0 Å². The number of carbonyl (C=O) groups is 2. The van der Waals surface area contributed by atoms with Crippen LogP contribution in [-0.4, -0.2) is 46.8 Å². The molecule has 2 amide bonds. The monoisotopic (exact) mass is 394 g/mol. The Labute approximate surface area is 172 Å². The Morgan fingerprint density at radius 2 is 1.86 bits per heavy atom. The summed E-state index contributed by atoms with van der Waals surface area (Å²) in [6.07, 6.45) is 2.65. The minimum atomic E-state index is -0.0434. The molecular weight excluding hydrogens is 364 g/mol. The zero-order valence-corrected chi connectivity index (χ0v) is 17.8. The van der Waals surface area contributed by atoms with Crippen molar-refractivity contribution in [3.05, 3.63) is 58.2 Å². The minimum Gasteiger partial charge on any atom is -0.359 e. The Morgan fingerprint density at radius 1 is 1.14 bits per heavy atom. The van der Waals surface area contributed by atoms with Gasteiger partial charge in [-0.3, -0.25) is 9.59 Å². The molecule has 1 aromatic heterocycles. The van der Waals surface area contributed by atoms with Crippen molar-refractivity contribution in [2.24, 2.45) is 0 Å². The van der Waals surface area contributed by atoms with E-state index in [9.17, 15) is 9.59 Å². The van der Waals surface area contributed by atoms with Gasteiger partial charge in [-0.05, 0) is 39.2 Å². The van der Waals surface area contributed by atoms with Crippen molar-refractivity contribution in [1.82, 2.24) is 20.2 Å². The molecule has 29 heavy (non-hydrogen) atoms. The van der Waals surface area contributed by atoms with Crippen LogP contribution >= 0.6 is 0 Å². The maximum Gasteiger partial charge on any atom is 0.227 e. The Morgan fingerprint density at radius 3 is 2.52 bits per heavy atom. The fourth-order valence-corrected chi connectivity index (χ4v) is 3.98. The SMILES string of the molecule is CNC(=O)Cc1c(C)nc(C2CCCN(C(=O)Cc3cccc(C)c3)C2)nc1C. The van der Waals surface area contributed by atoms with E-state index >= 15 is 0 Å². The first-order chi connectivity index (χ1) is 13.9. The van der Waals surface area contributed by atoms with E-state index in [0.717, 1.165) is 47.7 Å². The zero-order valence-electron chi connectivity index (χ0n) is 17.8. The molecule has 1 saturated heterocycles. The molecule has 6 nitrogen and oxygen atoms in total. The molecule has 1 atom stereocenters. The highest BCUT2D eigenvalue weighted by Crippen LogP contribution is 2.26. The van der Waals surface area contributed by atoms with E-state index in [4.69, 9.17) is 9.97 Å². The predicted octanol–water partition coefficient (Wildman–Crippen LogP) is 2.64. The number of rotatable bonds is 5. The van der Waals surface area contributed by atoms with Gasteiger partial charge in [0.15, 0.2) is 0 Å². The number of benzene rings is 1. The van der Waals surface area contributed by atoms with Crippen molar-refractivity contribution in [3.63, 3.8) is 0 Å². The van der Waals surface area contributed by atoms with E-state index in [0.29, 0.717) is 19.4 Å². The number of nitrogens with zero attached hydrogens (tertiary/aromatic N) is 3. The Bertz CT molecular complexity index is 886. The number of amides is 2. The number of likely N-dealkylation sites (tertiary alicyclic amines) is 1. The van der Waals surface area contributed by atoms with E-state index in [1.165, 1.54) is 5.56 Å². The molecule has 0 saturated carbocycles. The Kier molecular flexibility index (Phi) is 6.62. The van der Waals surface area contributed by atoms with Crippen molar-refractivity contribution in [2.75, 3.05) is 20.1 Å². The topological polar surface area (TPSA) is 75.2 Å². The van der Waals surface area contributed by atoms with Crippen LogP contribution in [0.3, 0.4) is 0 Å². The first-order valence-corrected chi connectivity index (χ1v) is 10.2. The smallest absolute Gasteiger partial charge is 0.227 e. The van der Waals surface area contributed by atoms with Gasteiger partial charge in [-0.25, -0.2) is 9.97 Å². The number of carbonyl (C=O) groups excluding carboxylic acids is 2. The molecule has 0 bridgehead atoms. The summed E-state index contributed by atoms with van der Waals surface area (Å²) >= 11 is 0. The molecule has 1 fully saturated rings. The summed E-state index contributed by atoms with van der Waals surface area (Å²) in [5.74, 6) is 1.04. The zero-order chi connectivity index (χ0) is 21.0. The van der Waals surface area contributed by atoms with Gasteiger partial charge < -0.3 is 10.2 Å². The molecular formula is C23H30N4O2. The van der Waals surface area contributed by atoms with Crippen molar-refractivity contribution >= 4 is 11.8 Å². The fraction of sp³-hybridized carbons (Fsp3) is 0.478. The number of hydrogen-bond acceptors (Lipinski definition) is 4. The molecule has 0 radical (unpaired) electrons. The van der Waals surface area contributed by atoms with Gasteiger partial charge in [0.1, 0.15) is 5.82 Å². The molecule has 2 aromatic rings. The summed E-state index contributed by atoms with van der Waals surface area (Å²) in [4.78, 5) is 35.9. The third-order valence-electron chi connectivity index (χ3n) is 5.63. The van der Waals surface area contributed by atoms with E-state index in [1.807, 2.05) is 43.9 Å². The maximum absolute atomic E-state index is 12.8. The van der Waals surface area contributed by atoms with Crippen LogP contribution in [0.15, 0.2) is 24.3 Å². The predicted molar refractivity (Wildman–Crippen MR) is 113 cm³/mol. The largest absolute Gasteiger partial charge is 0.359 e. The van der Waals surface area contributed by atoms with Crippen molar-refractivity contribution in [2.45, 2.75) is 52.4 Å². The summed E-state index contributed by atoms with van der Waals surface area (Å²) < 4.78 is 0. The Hall–Kier alpha value is -2.76. The molecule has 0 aliphatic carbocycles. The lowest BCUT2D eigenvalue weighted by Crippen LogP contribution is -2.40. The standard InChI is InChI=1S/C23H30N4O2/c1-15-7-5-8-18(11-15)12-22(29)27-10-6-9-19(14-27)23-25-16(2)20(17(3)26-23)13-21(28)24-4/h5,7-8,11,19H,6,9-10,12-14H2,1-4H3,(H,24,28). The number of aromatic nitrogens is 2. The van der Waals surface area contributed by atoms with E-state index in [-0.39, 0.29) is 17.7 Å². The first-order valence-electron chi connectivity index (χ1n) is 10.2. The van der Waals surface area contributed by atoms with Crippen LogP contribution in [-0.2, 0) is 22.4 Å². The lowest BCUT2D eigenvalue weighted by molar-refractivity contribution is -0.131. The van der Waals surface area contributed by atoms with Gasteiger partial charge >= 0.3 is 0 Å². The quantitative estimate of drug-likeness (QED) is 0.846. The molecule has 6 heteroatoms. The van der Waals surface area contributed by atoms with Crippen LogP contribution in [0, 0.1) is 20.8 Å². The van der Waals surface area contributed by atoms with Crippen LogP contribution < -0.4 is 5.32 Å². The molecule has 3 rings (SSSR count).